The zero-order valence-corrected chi connectivity index (χ0v) is 14.8. The molecule has 0 unspecified atom stereocenters. The number of aromatic nitrogens is 2. The molecule has 0 saturated heterocycles. The minimum Gasteiger partial charge on any atom is -0.489 e. The van der Waals surface area contributed by atoms with Gasteiger partial charge >= 0.3 is 0 Å². The third kappa shape index (κ3) is 3.41. The van der Waals surface area contributed by atoms with Crippen LogP contribution in [0.3, 0.4) is 0 Å². The normalized spacial score (nSPS) is 15.8. The number of rotatable bonds is 4. The molecular weight excluding hydrogens is 346 g/mol. The highest BCUT2D eigenvalue weighted by Crippen LogP contribution is 2.39. The molecule has 0 spiro atoms. The van der Waals surface area contributed by atoms with Crippen molar-refractivity contribution in [3.8, 4) is 5.75 Å². The highest BCUT2D eigenvalue weighted by Gasteiger charge is 2.33. The molecule has 0 aliphatic carbocycles. The molecule has 1 aliphatic heterocycles. The summed E-state index contributed by atoms with van der Waals surface area (Å²) in [4.78, 5) is 23.3. The average molecular weight is 363 g/mol. The van der Waals surface area contributed by atoms with E-state index in [-0.39, 0.29) is 17.7 Å². The second kappa shape index (κ2) is 7.58. The number of fused-ring (bicyclic) bond motifs is 1. The lowest BCUT2D eigenvalue weighted by atomic mass is 10.0. The minimum absolute atomic E-state index is 0.00653. The highest BCUT2D eigenvalue weighted by atomic mass is 32.2. The van der Waals surface area contributed by atoms with Gasteiger partial charge in [-0.25, -0.2) is 9.97 Å². The Labute approximate surface area is 156 Å². The highest BCUT2D eigenvalue weighted by molar-refractivity contribution is 7.99. The molecule has 1 aromatic heterocycles. The summed E-state index contributed by atoms with van der Waals surface area (Å²) in [5, 5.41) is 0.596. The van der Waals surface area contributed by atoms with Gasteiger partial charge in [-0.2, -0.15) is 0 Å². The standard InChI is InChI=1S/C20H17N3O2S/c24-19(14-26-20-21-11-6-12-22-20)23-16-9-4-5-10-18(16)25-13-17(23)15-7-2-1-3-8-15/h1-12,17H,13-14H2/t17-/m1/s1. The molecule has 5 nitrogen and oxygen atoms in total. The van der Waals surface area contributed by atoms with Crippen molar-refractivity contribution < 1.29 is 9.53 Å². The zero-order valence-electron chi connectivity index (χ0n) is 14.0. The Morgan fingerprint density at radius 2 is 1.77 bits per heavy atom. The topological polar surface area (TPSA) is 55.3 Å². The van der Waals surface area contributed by atoms with Crippen molar-refractivity contribution in [2.24, 2.45) is 0 Å². The Hall–Kier alpha value is -2.86. The maximum atomic E-state index is 13.1. The van der Waals surface area contributed by atoms with Gasteiger partial charge in [0, 0.05) is 12.4 Å². The molecule has 6 heteroatoms. The molecule has 1 atom stereocenters. The van der Waals surface area contributed by atoms with Gasteiger partial charge in [-0.1, -0.05) is 54.2 Å². The number of nitrogens with zero attached hydrogens (tertiary/aromatic N) is 3. The quantitative estimate of drug-likeness (QED) is 0.522. The fourth-order valence-electron chi connectivity index (χ4n) is 2.97. The molecule has 0 radical (unpaired) electrons. The molecule has 3 aromatic rings. The van der Waals surface area contributed by atoms with Crippen LogP contribution in [0.1, 0.15) is 11.6 Å². The third-order valence-electron chi connectivity index (χ3n) is 4.15. The molecule has 0 saturated carbocycles. The predicted molar refractivity (Wildman–Crippen MR) is 101 cm³/mol. The molecular formula is C20H17N3O2S. The number of hydrogen-bond donors (Lipinski definition) is 0. The number of hydrogen-bond acceptors (Lipinski definition) is 5. The smallest absolute Gasteiger partial charge is 0.238 e. The number of amides is 1. The Kier molecular flexibility index (Phi) is 4.84. The first-order valence-corrected chi connectivity index (χ1v) is 9.30. The number of benzene rings is 2. The summed E-state index contributed by atoms with van der Waals surface area (Å²) >= 11 is 1.34. The number of carbonyl (C=O) groups excluding carboxylic acids is 1. The van der Waals surface area contributed by atoms with Gasteiger partial charge in [-0.15, -0.1) is 0 Å². The zero-order chi connectivity index (χ0) is 17.8. The predicted octanol–water partition coefficient (Wildman–Crippen LogP) is 3.74. The lowest BCUT2D eigenvalue weighted by Crippen LogP contribution is -2.42. The molecule has 1 amide bonds. The van der Waals surface area contributed by atoms with Crippen LogP contribution in [0.15, 0.2) is 78.2 Å². The Morgan fingerprint density at radius 1 is 1.04 bits per heavy atom. The molecule has 0 N–H and O–H groups in total. The van der Waals surface area contributed by atoms with Gasteiger partial charge in [0.1, 0.15) is 12.4 Å². The van der Waals surface area contributed by atoms with Crippen molar-refractivity contribution >= 4 is 23.4 Å². The van der Waals surface area contributed by atoms with Crippen LogP contribution in [0.2, 0.25) is 0 Å². The van der Waals surface area contributed by atoms with E-state index >= 15 is 0 Å². The molecule has 4 rings (SSSR count). The number of thioether (sulfide) groups is 1. The van der Waals surface area contributed by atoms with Crippen LogP contribution in [0.5, 0.6) is 5.75 Å². The molecule has 1 aliphatic rings. The van der Waals surface area contributed by atoms with Gasteiger partial charge in [0.2, 0.25) is 5.91 Å². The van der Waals surface area contributed by atoms with Crippen LogP contribution in [-0.2, 0) is 4.79 Å². The van der Waals surface area contributed by atoms with E-state index in [1.165, 1.54) is 11.8 Å². The maximum Gasteiger partial charge on any atom is 0.238 e. The van der Waals surface area contributed by atoms with E-state index in [1.54, 1.807) is 18.5 Å². The van der Waals surface area contributed by atoms with E-state index in [2.05, 4.69) is 9.97 Å². The largest absolute Gasteiger partial charge is 0.489 e. The summed E-state index contributed by atoms with van der Waals surface area (Å²) in [5.41, 5.74) is 1.85. The number of para-hydroxylation sites is 2. The first-order valence-electron chi connectivity index (χ1n) is 8.31. The number of ether oxygens (including phenoxy) is 1. The van der Waals surface area contributed by atoms with Crippen molar-refractivity contribution in [2.45, 2.75) is 11.2 Å². The Balaban J connectivity index is 1.63. The first kappa shape index (κ1) is 16.6. The van der Waals surface area contributed by atoms with Crippen molar-refractivity contribution in [2.75, 3.05) is 17.3 Å². The molecule has 26 heavy (non-hydrogen) atoms. The molecule has 2 aromatic carbocycles. The first-order chi connectivity index (χ1) is 12.8. The Morgan fingerprint density at radius 3 is 2.58 bits per heavy atom. The van der Waals surface area contributed by atoms with E-state index in [0.29, 0.717) is 11.8 Å². The monoisotopic (exact) mass is 363 g/mol. The summed E-state index contributed by atoms with van der Waals surface area (Å²) in [6.45, 7) is 0.430. The van der Waals surface area contributed by atoms with E-state index in [4.69, 9.17) is 4.74 Å². The lowest BCUT2D eigenvalue weighted by molar-refractivity contribution is -0.117. The average Bonchev–Trinajstić information content (AvgIpc) is 2.72. The van der Waals surface area contributed by atoms with Crippen molar-refractivity contribution in [1.29, 1.82) is 0 Å². The van der Waals surface area contributed by atoms with Crippen LogP contribution >= 0.6 is 11.8 Å². The van der Waals surface area contributed by atoms with Crippen LogP contribution in [0, 0.1) is 0 Å². The van der Waals surface area contributed by atoms with Crippen LogP contribution in [0.25, 0.3) is 0 Å². The molecule has 2 heterocycles. The second-order valence-corrected chi connectivity index (χ2v) is 6.73. The van der Waals surface area contributed by atoms with Crippen molar-refractivity contribution in [1.82, 2.24) is 9.97 Å². The van der Waals surface area contributed by atoms with Crippen molar-refractivity contribution in [3.63, 3.8) is 0 Å². The lowest BCUT2D eigenvalue weighted by Gasteiger charge is -2.37. The fraction of sp³-hybridized carbons (Fsp3) is 0.150. The Bertz CT molecular complexity index is 890. The van der Waals surface area contributed by atoms with Crippen LogP contribution in [0.4, 0.5) is 5.69 Å². The molecule has 0 fully saturated rings. The van der Waals surface area contributed by atoms with Crippen LogP contribution in [-0.4, -0.2) is 28.2 Å². The number of anilines is 1. The summed E-state index contributed by atoms with van der Waals surface area (Å²) < 4.78 is 5.91. The second-order valence-electron chi connectivity index (χ2n) is 5.79. The number of carbonyl (C=O) groups is 1. The van der Waals surface area contributed by atoms with Gasteiger partial charge in [0.25, 0.3) is 0 Å². The van der Waals surface area contributed by atoms with E-state index in [0.717, 1.165) is 17.0 Å². The third-order valence-corrected chi connectivity index (χ3v) is 5.01. The maximum absolute atomic E-state index is 13.1. The molecule has 0 bridgehead atoms. The summed E-state index contributed by atoms with van der Waals surface area (Å²) in [6, 6.07) is 19.2. The van der Waals surface area contributed by atoms with E-state index in [9.17, 15) is 4.79 Å². The molecule has 130 valence electrons. The summed E-state index contributed by atoms with van der Waals surface area (Å²) in [5.74, 6) is 1.00. The van der Waals surface area contributed by atoms with Gasteiger partial charge < -0.3 is 4.74 Å². The van der Waals surface area contributed by atoms with Gasteiger partial charge in [-0.3, -0.25) is 9.69 Å². The fourth-order valence-corrected chi connectivity index (χ4v) is 3.64. The minimum atomic E-state index is -0.157. The van der Waals surface area contributed by atoms with Gasteiger partial charge in [0.05, 0.1) is 17.5 Å². The van der Waals surface area contributed by atoms with Crippen molar-refractivity contribution in [3.05, 3.63) is 78.6 Å². The van der Waals surface area contributed by atoms with Gasteiger partial charge in [-0.05, 0) is 23.8 Å². The van der Waals surface area contributed by atoms with E-state index < -0.39 is 0 Å². The van der Waals surface area contributed by atoms with Crippen LogP contribution < -0.4 is 9.64 Å². The van der Waals surface area contributed by atoms with Gasteiger partial charge in [0.15, 0.2) is 5.16 Å². The summed E-state index contributed by atoms with van der Waals surface area (Å²) in [6.07, 6.45) is 3.35. The SMILES string of the molecule is O=C(CSc1ncccn1)N1c2ccccc2OC[C@@H]1c1ccccc1. The van der Waals surface area contributed by atoms with E-state index in [1.807, 2.05) is 59.5 Å². The summed E-state index contributed by atoms with van der Waals surface area (Å²) in [7, 11) is 0.